The fourth-order valence-electron chi connectivity index (χ4n) is 1.77. The molecule has 0 aliphatic rings. The molecule has 0 fully saturated rings. The van der Waals surface area contributed by atoms with Gasteiger partial charge in [0.25, 0.3) is 0 Å². The summed E-state index contributed by atoms with van der Waals surface area (Å²) in [6, 6.07) is 0. The summed E-state index contributed by atoms with van der Waals surface area (Å²) in [5.74, 6) is 0. The topological polar surface area (TPSA) is 68.2 Å². The summed E-state index contributed by atoms with van der Waals surface area (Å²) in [5.41, 5.74) is 0. The summed E-state index contributed by atoms with van der Waals surface area (Å²) >= 11 is 0. The number of unbranched alkanes of at least 4 members (excludes halogenated alkanes) is 6. The summed E-state index contributed by atoms with van der Waals surface area (Å²) in [7, 11) is 0. The summed E-state index contributed by atoms with van der Waals surface area (Å²) in [6.45, 7) is 18.0. The minimum atomic E-state index is 0.132. The highest BCUT2D eigenvalue weighted by molar-refractivity contribution is 4.66. The van der Waals surface area contributed by atoms with Crippen LogP contribution in [0.1, 0.15) is 51.9 Å². The maximum Gasteiger partial charge on any atom is 0.0829 e. The molecule has 0 aliphatic heterocycles. The molecule has 0 saturated heterocycles. The van der Waals surface area contributed by atoms with Gasteiger partial charge < -0.3 is 24.4 Å². The van der Waals surface area contributed by atoms with Crippen LogP contribution in [0.15, 0.2) is 51.0 Å². The number of hydrogen-bond acceptors (Lipinski definition) is 5. The van der Waals surface area contributed by atoms with E-state index in [4.69, 9.17) is 19.7 Å². The lowest BCUT2D eigenvalue weighted by Gasteiger charge is -2.10. The van der Waals surface area contributed by atoms with Crippen LogP contribution in [0.5, 0.6) is 0 Å². The maximum absolute atomic E-state index is 8.47. The van der Waals surface area contributed by atoms with E-state index in [1.165, 1.54) is 31.8 Å². The van der Waals surface area contributed by atoms with Gasteiger partial charge in [0.2, 0.25) is 0 Å². The van der Waals surface area contributed by atoms with Gasteiger partial charge in [0.1, 0.15) is 0 Å². The van der Waals surface area contributed by atoms with Crippen molar-refractivity contribution in [3.63, 3.8) is 0 Å². The number of hydrogen-bond donors (Lipinski definition) is 2. The quantitative estimate of drug-likeness (QED) is 0.214. The lowest BCUT2D eigenvalue weighted by Crippen LogP contribution is -2.15. The molecule has 160 valence electrons. The normalized spacial score (nSPS) is 10.3. The molecular formula is C22H42O5. The molecule has 0 aromatic carbocycles. The third kappa shape index (κ3) is 40.6. The Morgan fingerprint density at radius 3 is 1.52 bits per heavy atom. The Labute approximate surface area is 167 Å². The van der Waals surface area contributed by atoms with Crippen molar-refractivity contribution in [3.8, 4) is 0 Å². The molecule has 0 aromatic heterocycles. The van der Waals surface area contributed by atoms with E-state index in [-0.39, 0.29) is 6.10 Å². The lowest BCUT2D eigenvalue weighted by molar-refractivity contribution is 0.0129. The van der Waals surface area contributed by atoms with Gasteiger partial charge in [-0.25, -0.2) is 0 Å². The molecule has 1 unspecified atom stereocenters. The summed E-state index contributed by atoms with van der Waals surface area (Å²) in [5, 5.41) is 16.9. The van der Waals surface area contributed by atoms with Gasteiger partial charge in [-0.3, -0.25) is 0 Å². The van der Waals surface area contributed by atoms with E-state index in [2.05, 4.69) is 31.1 Å². The first kappa shape index (κ1) is 30.3. The molecule has 0 saturated carbocycles. The second-order valence-electron chi connectivity index (χ2n) is 5.65. The van der Waals surface area contributed by atoms with Crippen molar-refractivity contribution in [1.29, 1.82) is 0 Å². The Hall–Kier alpha value is -1.40. The average Bonchev–Trinajstić information content (AvgIpc) is 2.67. The van der Waals surface area contributed by atoms with E-state index in [9.17, 15) is 0 Å². The molecule has 0 amide bonds. The van der Waals surface area contributed by atoms with Gasteiger partial charge in [0.15, 0.2) is 0 Å². The number of ether oxygens (including phenoxy) is 3. The average molecular weight is 387 g/mol. The van der Waals surface area contributed by atoms with Crippen molar-refractivity contribution in [1.82, 2.24) is 0 Å². The number of aliphatic hydroxyl groups excluding tert-OH is 2. The Morgan fingerprint density at radius 2 is 1.19 bits per heavy atom. The second kappa shape index (κ2) is 32.3. The van der Waals surface area contributed by atoms with Crippen LogP contribution < -0.4 is 0 Å². The Bertz CT molecular complexity index is 291. The van der Waals surface area contributed by atoms with Crippen molar-refractivity contribution in [2.45, 2.75) is 58.0 Å². The van der Waals surface area contributed by atoms with Crippen LogP contribution in [0.2, 0.25) is 0 Å². The molecular weight excluding hydrogens is 344 g/mol. The number of rotatable bonds is 17. The molecule has 0 spiro atoms. The van der Waals surface area contributed by atoms with Crippen LogP contribution in [0.3, 0.4) is 0 Å². The van der Waals surface area contributed by atoms with Crippen LogP contribution >= 0.6 is 0 Å². The van der Waals surface area contributed by atoms with Crippen molar-refractivity contribution in [2.24, 2.45) is 0 Å². The summed E-state index contributed by atoms with van der Waals surface area (Å²) < 4.78 is 14.8. The first-order valence-electron chi connectivity index (χ1n) is 9.64. The highest BCUT2D eigenvalue weighted by Crippen LogP contribution is 2.06. The minimum Gasteiger partial charge on any atom is -0.474 e. The predicted octanol–water partition coefficient (Wildman–Crippen LogP) is 4.77. The molecule has 5 nitrogen and oxygen atoms in total. The van der Waals surface area contributed by atoms with Crippen LogP contribution in [-0.4, -0.2) is 49.4 Å². The molecule has 0 aliphatic carbocycles. The second-order valence-corrected chi connectivity index (χ2v) is 5.65. The van der Waals surface area contributed by atoms with E-state index in [1.54, 1.807) is 12.2 Å². The summed E-state index contributed by atoms with van der Waals surface area (Å²) in [6.07, 6.45) is 14.1. The predicted molar refractivity (Wildman–Crippen MR) is 115 cm³/mol. The molecule has 2 N–H and O–H groups in total. The van der Waals surface area contributed by atoms with Crippen LogP contribution in [-0.2, 0) is 14.2 Å². The molecule has 0 radical (unpaired) electrons. The molecule has 0 aromatic rings. The highest BCUT2D eigenvalue weighted by atomic mass is 16.5. The third-order valence-corrected chi connectivity index (χ3v) is 3.10. The zero-order chi connectivity index (χ0) is 21.0. The van der Waals surface area contributed by atoms with Crippen molar-refractivity contribution < 1.29 is 24.4 Å². The Balaban J connectivity index is -0.000000344. The highest BCUT2D eigenvalue weighted by Gasteiger charge is 1.98. The standard InChI is InChI=1S/C9H16O2.C9H20O2.C4H6O/c1-4-6-10-8-9(3)11-7-5-2;10-8-6-4-2-1-3-5-7-9-11;1-3-5-4-2/h4-5,9H,1-2,6-8H2,3H3;10-11H,1-9H2;3-4H,1-2H2. The Kier molecular flexibility index (Phi) is 36.3. The van der Waals surface area contributed by atoms with E-state index >= 15 is 0 Å². The van der Waals surface area contributed by atoms with Gasteiger partial charge in [-0.1, -0.05) is 57.4 Å². The SMILES string of the molecule is C=CCOCC(C)OCC=C.C=COC=C.OCCCCCCCCCO. The maximum atomic E-state index is 8.47. The summed E-state index contributed by atoms with van der Waals surface area (Å²) in [4.78, 5) is 0. The van der Waals surface area contributed by atoms with Crippen molar-refractivity contribution in [3.05, 3.63) is 51.0 Å². The van der Waals surface area contributed by atoms with Crippen molar-refractivity contribution in [2.75, 3.05) is 33.0 Å². The van der Waals surface area contributed by atoms with Crippen LogP contribution in [0.4, 0.5) is 0 Å². The molecule has 0 heterocycles. The van der Waals surface area contributed by atoms with Gasteiger partial charge in [-0.2, -0.15) is 0 Å². The zero-order valence-electron chi connectivity index (χ0n) is 17.3. The van der Waals surface area contributed by atoms with Crippen LogP contribution in [0, 0.1) is 0 Å². The van der Waals surface area contributed by atoms with Gasteiger partial charge in [-0.15, -0.1) is 13.2 Å². The molecule has 5 heteroatoms. The third-order valence-electron chi connectivity index (χ3n) is 3.10. The smallest absolute Gasteiger partial charge is 0.0829 e. The van der Waals surface area contributed by atoms with Gasteiger partial charge in [0.05, 0.1) is 38.4 Å². The van der Waals surface area contributed by atoms with E-state index in [0.29, 0.717) is 33.0 Å². The first-order valence-corrected chi connectivity index (χ1v) is 9.64. The minimum absolute atomic E-state index is 0.132. The van der Waals surface area contributed by atoms with Crippen molar-refractivity contribution >= 4 is 0 Å². The molecule has 0 bridgehead atoms. The lowest BCUT2D eigenvalue weighted by atomic mass is 10.1. The molecule has 27 heavy (non-hydrogen) atoms. The zero-order valence-corrected chi connectivity index (χ0v) is 17.3. The molecule has 1 atom stereocenters. The van der Waals surface area contributed by atoms with E-state index in [0.717, 1.165) is 25.7 Å². The van der Waals surface area contributed by atoms with Gasteiger partial charge >= 0.3 is 0 Å². The first-order chi connectivity index (χ1) is 13.1. The fraction of sp³-hybridized carbons (Fsp3) is 0.636. The Morgan fingerprint density at radius 1 is 0.741 bits per heavy atom. The fourth-order valence-corrected chi connectivity index (χ4v) is 1.77. The monoisotopic (exact) mass is 386 g/mol. The van der Waals surface area contributed by atoms with Crippen LogP contribution in [0.25, 0.3) is 0 Å². The number of aliphatic hydroxyl groups is 2. The van der Waals surface area contributed by atoms with E-state index < -0.39 is 0 Å². The van der Waals surface area contributed by atoms with Gasteiger partial charge in [-0.05, 0) is 19.8 Å². The molecule has 0 rings (SSSR count). The van der Waals surface area contributed by atoms with E-state index in [1.807, 2.05) is 6.92 Å². The largest absolute Gasteiger partial charge is 0.474 e. The van der Waals surface area contributed by atoms with Gasteiger partial charge in [0, 0.05) is 13.2 Å².